The lowest BCUT2D eigenvalue weighted by atomic mass is 10.1. The first kappa shape index (κ1) is 22.8. The first-order chi connectivity index (χ1) is 11.6. The summed E-state index contributed by atoms with van der Waals surface area (Å²) in [7, 11) is 0. The fourth-order valence-electron chi connectivity index (χ4n) is 2.43. The Balaban J connectivity index is 0.00000338. The van der Waals surface area contributed by atoms with Crippen LogP contribution in [-0.2, 0) is 17.5 Å². The monoisotopic (exact) mass is 487 g/mol. The Morgan fingerprint density at radius 2 is 1.85 bits per heavy atom. The van der Waals surface area contributed by atoms with Crippen molar-refractivity contribution >= 4 is 29.9 Å². The third-order valence-electron chi connectivity index (χ3n) is 3.56. The molecule has 5 nitrogen and oxygen atoms in total. The molecule has 0 aromatic heterocycles. The van der Waals surface area contributed by atoms with Crippen molar-refractivity contribution in [2.45, 2.75) is 39.1 Å². The van der Waals surface area contributed by atoms with E-state index in [1.807, 2.05) is 0 Å². The van der Waals surface area contributed by atoms with Gasteiger partial charge >= 0.3 is 6.18 Å². The molecule has 1 heterocycles. The molecule has 0 amide bonds. The van der Waals surface area contributed by atoms with E-state index >= 15 is 0 Å². The summed E-state index contributed by atoms with van der Waals surface area (Å²) in [5.74, 6) is 0.403. The molecule has 9 heteroatoms. The molecule has 1 fully saturated rings. The van der Waals surface area contributed by atoms with Gasteiger partial charge in [0, 0.05) is 13.1 Å². The maximum absolute atomic E-state index is 13.4. The quantitative estimate of drug-likeness (QED) is 0.402. The van der Waals surface area contributed by atoms with Gasteiger partial charge in [-0.05, 0) is 38.5 Å². The Kier molecular flexibility index (Phi) is 8.00. The van der Waals surface area contributed by atoms with Crippen molar-refractivity contribution in [3.05, 3.63) is 29.3 Å². The number of rotatable bonds is 3. The molecule has 1 aliphatic heterocycles. The molecule has 0 bridgehead atoms. The van der Waals surface area contributed by atoms with Crippen molar-refractivity contribution in [1.82, 2.24) is 4.90 Å². The van der Waals surface area contributed by atoms with Crippen LogP contribution in [0, 0.1) is 0 Å². The Bertz CT molecular complexity index is 625. The molecular formula is C17H25F3IN3O2. The molecule has 0 aliphatic carbocycles. The second kappa shape index (κ2) is 9.12. The van der Waals surface area contributed by atoms with Crippen LogP contribution in [0.5, 0.6) is 5.75 Å². The maximum atomic E-state index is 13.4. The van der Waals surface area contributed by atoms with E-state index in [0.717, 1.165) is 6.07 Å². The number of aliphatic imine (C=N–C) groups is 1. The Labute approximate surface area is 168 Å². The van der Waals surface area contributed by atoms with Crippen molar-refractivity contribution in [3.8, 4) is 5.75 Å². The maximum Gasteiger partial charge on any atom is 0.416 e. The number of benzene rings is 1. The summed E-state index contributed by atoms with van der Waals surface area (Å²) in [6, 6.07) is 3.93. The molecule has 1 aromatic carbocycles. The zero-order chi connectivity index (χ0) is 18.7. The lowest BCUT2D eigenvalue weighted by molar-refractivity contribution is -0.138. The summed E-state index contributed by atoms with van der Waals surface area (Å²) in [5, 5.41) is 0. The predicted molar refractivity (Wildman–Crippen MR) is 105 cm³/mol. The first-order valence-corrected chi connectivity index (χ1v) is 8.08. The van der Waals surface area contributed by atoms with E-state index in [2.05, 4.69) is 4.99 Å². The molecule has 2 N–H and O–H groups in total. The summed E-state index contributed by atoms with van der Waals surface area (Å²) < 4.78 is 50.9. The van der Waals surface area contributed by atoms with Gasteiger partial charge in [0.1, 0.15) is 11.4 Å². The van der Waals surface area contributed by atoms with E-state index in [4.69, 9.17) is 15.2 Å². The zero-order valence-corrected chi connectivity index (χ0v) is 17.4. The van der Waals surface area contributed by atoms with Gasteiger partial charge in [-0.3, -0.25) is 0 Å². The minimum Gasteiger partial charge on any atom is -0.488 e. The van der Waals surface area contributed by atoms with Gasteiger partial charge < -0.3 is 20.1 Å². The van der Waals surface area contributed by atoms with E-state index < -0.39 is 17.3 Å². The molecule has 2 rings (SSSR count). The summed E-state index contributed by atoms with van der Waals surface area (Å²) in [5.41, 5.74) is 4.61. The number of morpholine rings is 1. The van der Waals surface area contributed by atoms with E-state index in [1.54, 1.807) is 25.7 Å². The number of hydrogen-bond acceptors (Lipinski definition) is 3. The summed E-state index contributed by atoms with van der Waals surface area (Å²) in [4.78, 5) is 5.92. The van der Waals surface area contributed by atoms with Crippen LogP contribution in [0.2, 0.25) is 0 Å². The molecule has 1 aliphatic rings. The lowest BCUT2D eigenvalue weighted by Crippen LogP contribution is -2.44. The van der Waals surface area contributed by atoms with Crippen LogP contribution in [0.1, 0.15) is 31.9 Å². The second-order valence-electron chi connectivity index (χ2n) is 6.80. The summed E-state index contributed by atoms with van der Waals surface area (Å²) in [6.45, 7) is 7.42. The third kappa shape index (κ3) is 6.82. The molecule has 1 saturated heterocycles. The topological polar surface area (TPSA) is 60.1 Å². The minimum absolute atomic E-state index is 0. The fraction of sp³-hybridized carbons (Fsp3) is 0.588. The standard InChI is InChI=1S/C17H24F3N3O2.HI/c1-16(2,3)25-13-5-4-12(14(10-13)17(18,19)20)11-22-15(21)23-6-8-24-9-7-23;/h4-5,10H,6-9,11H2,1-3H3,(H2,21,22);1H. The number of nitrogens with zero attached hydrogens (tertiary/aromatic N) is 2. The van der Waals surface area contributed by atoms with Crippen molar-refractivity contribution in [2.75, 3.05) is 26.3 Å². The van der Waals surface area contributed by atoms with E-state index in [9.17, 15) is 13.2 Å². The van der Waals surface area contributed by atoms with E-state index in [1.165, 1.54) is 12.1 Å². The Morgan fingerprint density at radius 1 is 1.23 bits per heavy atom. The lowest BCUT2D eigenvalue weighted by Gasteiger charge is -2.27. The van der Waals surface area contributed by atoms with Crippen molar-refractivity contribution in [3.63, 3.8) is 0 Å². The number of halogens is 4. The Morgan fingerprint density at radius 3 is 2.38 bits per heavy atom. The van der Waals surface area contributed by atoms with Gasteiger partial charge in [0.25, 0.3) is 0 Å². The molecule has 1 aromatic rings. The molecule has 0 radical (unpaired) electrons. The molecule has 0 unspecified atom stereocenters. The minimum atomic E-state index is -4.49. The molecule has 0 atom stereocenters. The molecule has 0 spiro atoms. The van der Waals surface area contributed by atoms with Crippen LogP contribution >= 0.6 is 24.0 Å². The van der Waals surface area contributed by atoms with E-state index in [0.29, 0.717) is 26.3 Å². The average Bonchev–Trinajstić information content (AvgIpc) is 2.51. The first-order valence-electron chi connectivity index (χ1n) is 8.08. The van der Waals surface area contributed by atoms with Crippen LogP contribution in [0.3, 0.4) is 0 Å². The van der Waals surface area contributed by atoms with Gasteiger partial charge in [0.2, 0.25) is 0 Å². The normalized spacial score (nSPS) is 16.2. The second-order valence-corrected chi connectivity index (χ2v) is 6.80. The number of hydrogen-bond donors (Lipinski definition) is 1. The SMILES string of the molecule is CC(C)(C)Oc1ccc(CN=C(N)N2CCOCC2)c(C(F)(F)F)c1.I. The van der Waals surface area contributed by atoms with Crippen LogP contribution in [0.25, 0.3) is 0 Å². The number of nitrogens with two attached hydrogens (primary N) is 1. The molecule has 26 heavy (non-hydrogen) atoms. The highest BCUT2D eigenvalue weighted by Gasteiger charge is 2.34. The Hall–Kier alpha value is -1.23. The van der Waals surface area contributed by atoms with Crippen molar-refractivity contribution in [2.24, 2.45) is 10.7 Å². The third-order valence-corrected chi connectivity index (χ3v) is 3.56. The van der Waals surface area contributed by atoms with Gasteiger partial charge in [-0.1, -0.05) is 6.07 Å². The highest BCUT2D eigenvalue weighted by Crippen LogP contribution is 2.35. The number of alkyl halides is 3. The summed E-state index contributed by atoms with van der Waals surface area (Å²) >= 11 is 0. The van der Waals surface area contributed by atoms with Crippen LogP contribution in [-0.4, -0.2) is 42.8 Å². The molecular weight excluding hydrogens is 462 g/mol. The van der Waals surface area contributed by atoms with Crippen molar-refractivity contribution in [1.29, 1.82) is 0 Å². The highest BCUT2D eigenvalue weighted by molar-refractivity contribution is 14.0. The average molecular weight is 487 g/mol. The molecule has 0 saturated carbocycles. The van der Waals surface area contributed by atoms with Crippen LogP contribution in [0.4, 0.5) is 13.2 Å². The number of ether oxygens (including phenoxy) is 2. The number of guanidine groups is 1. The largest absolute Gasteiger partial charge is 0.488 e. The van der Waals surface area contributed by atoms with Crippen molar-refractivity contribution < 1.29 is 22.6 Å². The van der Waals surface area contributed by atoms with Gasteiger partial charge in [-0.15, -0.1) is 24.0 Å². The van der Waals surface area contributed by atoms with Gasteiger partial charge in [0.15, 0.2) is 5.96 Å². The van der Waals surface area contributed by atoms with Gasteiger partial charge in [-0.25, -0.2) is 4.99 Å². The van der Waals surface area contributed by atoms with Gasteiger partial charge in [-0.2, -0.15) is 13.2 Å². The molecule has 148 valence electrons. The summed E-state index contributed by atoms with van der Waals surface area (Å²) in [6.07, 6.45) is -4.49. The fourth-order valence-corrected chi connectivity index (χ4v) is 2.43. The zero-order valence-electron chi connectivity index (χ0n) is 15.1. The highest BCUT2D eigenvalue weighted by atomic mass is 127. The van der Waals surface area contributed by atoms with Crippen LogP contribution < -0.4 is 10.5 Å². The van der Waals surface area contributed by atoms with E-state index in [-0.39, 0.29) is 47.8 Å². The van der Waals surface area contributed by atoms with Gasteiger partial charge in [0.05, 0.1) is 25.3 Å². The van der Waals surface area contributed by atoms with Crippen LogP contribution in [0.15, 0.2) is 23.2 Å². The smallest absolute Gasteiger partial charge is 0.416 e. The predicted octanol–water partition coefficient (Wildman–Crippen LogP) is 3.65.